The van der Waals surface area contributed by atoms with Crippen LogP contribution in [0.3, 0.4) is 0 Å². The first-order valence-electron chi connectivity index (χ1n) is 5.50. The minimum Gasteiger partial charge on any atom is -0.508 e. The maximum Gasteiger partial charge on any atom is 0.242 e. The normalized spacial score (nSPS) is 18.8. The zero-order valence-corrected chi connectivity index (χ0v) is 9.27. The van der Waals surface area contributed by atoms with Crippen molar-refractivity contribution in [1.29, 1.82) is 0 Å². The smallest absolute Gasteiger partial charge is 0.242 e. The fourth-order valence-electron chi connectivity index (χ4n) is 1.74. The molecular weight excluding hydrogens is 220 g/mol. The first kappa shape index (κ1) is 11.4. The number of hydrogen-bond acceptors (Lipinski definition) is 3. The molecule has 5 nitrogen and oxygen atoms in total. The fourth-order valence-corrected chi connectivity index (χ4v) is 1.74. The molecule has 3 N–H and O–H groups in total. The maximum atomic E-state index is 11.7. The van der Waals surface area contributed by atoms with Gasteiger partial charge in [-0.1, -0.05) is 12.1 Å². The summed E-state index contributed by atoms with van der Waals surface area (Å²) >= 11 is 0. The van der Waals surface area contributed by atoms with E-state index in [9.17, 15) is 9.59 Å². The molecule has 1 aromatic carbocycles. The van der Waals surface area contributed by atoms with Gasteiger partial charge in [0.2, 0.25) is 11.8 Å². The van der Waals surface area contributed by atoms with E-state index >= 15 is 0 Å². The van der Waals surface area contributed by atoms with Crippen LogP contribution >= 0.6 is 0 Å². The Morgan fingerprint density at radius 2 is 2.12 bits per heavy atom. The van der Waals surface area contributed by atoms with Crippen LogP contribution in [0.4, 0.5) is 0 Å². The Balaban J connectivity index is 1.84. The van der Waals surface area contributed by atoms with E-state index in [1.807, 2.05) is 0 Å². The minimum absolute atomic E-state index is 0.0743. The Kier molecular flexibility index (Phi) is 3.27. The van der Waals surface area contributed by atoms with Gasteiger partial charge >= 0.3 is 0 Å². The molecule has 0 bridgehead atoms. The van der Waals surface area contributed by atoms with Gasteiger partial charge in [0, 0.05) is 13.0 Å². The first-order chi connectivity index (χ1) is 8.15. The second-order valence-corrected chi connectivity index (χ2v) is 4.04. The molecule has 0 radical (unpaired) electrons. The van der Waals surface area contributed by atoms with Gasteiger partial charge in [0.25, 0.3) is 0 Å². The van der Waals surface area contributed by atoms with Crippen LogP contribution in [0.2, 0.25) is 0 Å². The Bertz CT molecular complexity index is 428. The summed E-state index contributed by atoms with van der Waals surface area (Å²) in [5.41, 5.74) is 0.903. The number of rotatable bonds is 3. The van der Waals surface area contributed by atoms with Crippen molar-refractivity contribution in [2.45, 2.75) is 25.4 Å². The molecule has 1 aliphatic heterocycles. The number of carbonyl (C=O) groups is 2. The van der Waals surface area contributed by atoms with Gasteiger partial charge in [0.05, 0.1) is 0 Å². The predicted octanol–water partition coefficient (Wildman–Crippen LogP) is 0.287. The molecule has 0 spiro atoms. The second-order valence-electron chi connectivity index (χ2n) is 4.04. The van der Waals surface area contributed by atoms with E-state index in [0.717, 1.165) is 5.56 Å². The highest BCUT2D eigenvalue weighted by Crippen LogP contribution is 2.10. The highest BCUT2D eigenvalue weighted by Gasteiger charge is 2.26. The number of carbonyl (C=O) groups excluding carboxylic acids is 2. The molecule has 0 aliphatic carbocycles. The summed E-state index contributed by atoms with van der Waals surface area (Å²) in [6, 6.07) is 6.21. The minimum atomic E-state index is -0.403. The quantitative estimate of drug-likeness (QED) is 0.703. The van der Waals surface area contributed by atoms with Crippen molar-refractivity contribution in [3.63, 3.8) is 0 Å². The molecular formula is C12H14N2O3. The van der Waals surface area contributed by atoms with Crippen LogP contribution in [0.1, 0.15) is 18.4 Å². The van der Waals surface area contributed by atoms with Crippen LogP contribution in [0, 0.1) is 0 Å². The van der Waals surface area contributed by atoms with E-state index in [0.29, 0.717) is 19.4 Å². The van der Waals surface area contributed by atoms with Crippen LogP contribution in [-0.4, -0.2) is 23.0 Å². The first-order valence-corrected chi connectivity index (χ1v) is 5.50. The van der Waals surface area contributed by atoms with Crippen molar-refractivity contribution in [2.75, 3.05) is 0 Å². The molecule has 17 heavy (non-hydrogen) atoms. The second kappa shape index (κ2) is 4.86. The third kappa shape index (κ3) is 2.96. The SMILES string of the molecule is O=C1CCC(C(=O)NCc2ccc(O)cc2)N1. The van der Waals surface area contributed by atoms with Crippen molar-refractivity contribution in [1.82, 2.24) is 10.6 Å². The average molecular weight is 234 g/mol. The standard InChI is InChI=1S/C12H14N2O3/c15-9-3-1-8(2-4-9)7-13-12(17)10-5-6-11(16)14-10/h1-4,10,15H,5-7H2,(H,13,17)(H,14,16). The number of nitrogens with one attached hydrogen (secondary N) is 2. The van der Waals surface area contributed by atoms with Crippen molar-refractivity contribution < 1.29 is 14.7 Å². The van der Waals surface area contributed by atoms with Gasteiger partial charge in [0.15, 0.2) is 0 Å². The summed E-state index contributed by atoms with van der Waals surface area (Å²) in [5, 5.41) is 14.5. The van der Waals surface area contributed by atoms with Gasteiger partial charge in [0.1, 0.15) is 11.8 Å². The third-order valence-electron chi connectivity index (χ3n) is 2.71. The zero-order valence-electron chi connectivity index (χ0n) is 9.27. The summed E-state index contributed by atoms with van der Waals surface area (Å²) in [7, 11) is 0. The molecule has 0 aromatic heterocycles. The summed E-state index contributed by atoms with van der Waals surface area (Å²) in [6.07, 6.45) is 0.970. The van der Waals surface area contributed by atoms with Crippen molar-refractivity contribution in [2.24, 2.45) is 0 Å². The fraction of sp³-hybridized carbons (Fsp3) is 0.333. The third-order valence-corrected chi connectivity index (χ3v) is 2.71. The lowest BCUT2D eigenvalue weighted by atomic mass is 10.2. The highest BCUT2D eigenvalue weighted by molar-refractivity contribution is 5.90. The molecule has 1 heterocycles. The molecule has 1 fully saturated rings. The topological polar surface area (TPSA) is 78.4 Å². The molecule has 0 saturated carbocycles. The molecule has 2 amide bonds. The van der Waals surface area contributed by atoms with Gasteiger partial charge in [-0.25, -0.2) is 0 Å². The molecule has 1 atom stereocenters. The lowest BCUT2D eigenvalue weighted by molar-refractivity contribution is -0.125. The molecule has 1 saturated heterocycles. The van der Waals surface area contributed by atoms with Crippen molar-refractivity contribution >= 4 is 11.8 Å². The molecule has 5 heteroatoms. The molecule has 90 valence electrons. The van der Waals surface area contributed by atoms with Gasteiger partial charge in [-0.15, -0.1) is 0 Å². The van der Waals surface area contributed by atoms with Gasteiger partial charge < -0.3 is 15.7 Å². The molecule has 1 unspecified atom stereocenters. The van der Waals surface area contributed by atoms with E-state index in [2.05, 4.69) is 10.6 Å². The maximum absolute atomic E-state index is 11.7. The number of phenolic OH excluding ortho intramolecular Hbond substituents is 1. The van der Waals surface area contributed by atoms with Gasteiger partial charge in [-0.05, 0) is 24.1 Å². The Morgan fingerprint density at radius 1 is 1.41 bits per heavy atom. The summed E-state index contributed by atoms with van der Waals surface area (Å²) in [4.78, 5) is 22.6. The number of amides is 2. The van der Waals surface area contributed by atoms with E-state index < -0.39 is 6.04 Å². The summed E-state index contributed by atoms with van der Waals surface area (Å²) in [6.45, 7) is 0.394. The number of aromatic hydroxyl groups is 1. The Labute approximate surface area is 98.8 Å². The largest absolute Gasteiger partial charge is 0.508 e. The number of phenols is 1. The summed E-state index contributed by atoms with van der Waals surface area (Å²) in [5.74, 6) is -0.0400. The van der Waals surface area contributed by atoms with Crippen LogP contribution in [0.25, 0.3) is 0 Å². The number of benzene rings is 1. The number of hydrogen-bond donors (Lipinski definition) is 3. The monoisotopic (exact) mass is 234 g/mol. The van der Waals surface area contributed by atoms with Crippen LogP contribution in [0.15, 0.2) is 24.3 Å². The van der Waals surface area contributed by atoms with Crippen molar-refractivity contribution in [3.05, 3.63) is 29.8 Å². The molecule has 2 rings (SSSR count). The van der Waals surface area contributed by atoms with E-state index in [-0.39, 0.29) is 17.6 Å². The molecule has 1 aliphatic rings. The molecule has 1 aromatic rings. The van der Waals surface area contributed by atoms with Crippen molar-refractivity contribution in [3.8, 4) is 5.75 Å². The van der Waals surface area contributed by atoms with E-state index in [1.54, 1.807) is 24.3 Å². The zero-order chi connectivity index (χ0) is 12.3. The lowest BCUT2D eigenvalue weighted by Crippen LogP contribution is -2.41. The summed E-state index contributed by atoms with van der Waals surface area (Å²) < 4.78 is 0. The highest BCUT2D eigenvalue weighted by atomic mass is 16.3. The van der Waals surface area contributed by atoms with Gasteiger partial charge in [-0.3, -0.25) is 9.59 Å². The Hall–Kier alpha value is -2.04. The Morgan fingerprint density at radius 3 is 2.71 bits per heavy atom. The van der Waals surface area contributed by atoms with Gasteiger partial charge in [-0.2, -0.15) is 0 Å². The van der Waals surface area contributed by atoms with Crippen LogP contribution in [0.5, 0.6) is 5.75 Å². The predicted molar refractivity (Wildman–Crippen MR) is 61.1 cm³/mol. The van der Waals surface area contributed by atoms with E-state index in [4.69, 9.17) is 5.11 Å². The lowest BCUT2D eigenvalue weighted by Gasteiger charge is -2.10. The van der Waals surface area contributed by atoms with Crippen LogP contribution < -0.4 is 10.6 Å². The average Bonchev–Trinajstić information content (AvgIpc) is 2.75. The van der Waals surface area contributed by atoms with Crippen LogP contribution in [-0.2, 0) is 16.1 Å². The van der Waals surface area contributed by atoms with E-state index in [1.165, 1.54) is 0 Å².